The minimum absolute atomic E-state index is 0.0644. The van der Waals surface area contributed by atoms with Gasteiger partial charge < -0.3 is 14.2 Å². The average Bonchev–Trinajstić information content (AvgIpc) is 3.19. The smallest absolute Gasteiger partial charge is 0.218 e. The molecule has 0 unspecified atom stereocenters. The third-order valence-corrected chi connectivity index (χ3v) is 10.3. The van der Waals surface area contributed by atoms with Gasteiger partial charge in [0.25, 0.3) is 0 Å². The molecule has 0 radical (unpaired) electrons. The van der Waals surface area contributed by atoms with Gasteiger partial charge in [-0.15, -0.1) is 0 Å². The van der Waals surface area contributed by atoms with Crippen LogP contribution in [0.2, 0.25) is 0 Å². The summed E-state index contributed by atoms with van der Waals surface area (Å²) < 4.78 is 95.1. The predicted molar refractivity (Wildman–Crippen MR) is 198 cm³/mol. The molecule has 2 aliphatic heterocycles. The summed E-state index contributed by atoms with van der Waals surface area (Å²) in [5.41, 5.74) is -1.84. The normalized spacial score (nSPS) is 14.6. The molecular formula is C44H28F5N3O3. The summed E-state index contributed by atoms with van der Waals surface area (Å²) in [6.07, 6.45) is 0. The quantitative estimate of drug-likeness (QED) is 0.0778. The van der Waals surface area contributed by atoms with Crippen LogP contribution in [0.4, 0.5) is 44.7 Å². The molecule has 6 aromatic rings. The molecule has 0 atom stereocenters. The van der Waals surface area contributed by atoms with Gasteiger partial charge in [0.1, 0.15) is 11.2 Å². The first-order valence-corrected chi connectivity index (χ1v) is 17.1. The molecule has 0 saturated heterocycles. The number of rotatable bonds is 4. The lowest BCUT2D eigenvalue weighted by molar-refractivity contribution is -0.0982. The van der Waals surface area contributed by atoms with Crippen molar-refractivity contribution in [1.29, 1.82) is 5.26 Å². The van der Waals surface area contributed by atoms with Crippen molar-refractivity contribution in [2.24, 2.45) is 0 Å². The van der Waals surface area contributed by atoms with Crippen molar-refractivity contribution in [3.8, 4) is 62.4 Å². The van der Waals surface area contributed by atoms with Gasteiger partial charge in [-0.3, -0.25) is 4.90 Å². The van der Waals surface area contributed by atoms with Gasteiger partial charge in [0.05, 0.1) is 40.8 Å². The maximum absolute atomic E-state index is 15.7. The molecular weight excluding hydrogens is 713 g/mol. The zero-order valence-electron chi connectivity index (χ0n) is 29.7. The molecule has 6 nitrogen and oxygen atoms in total. The highest BCUT2D eigenvalue weighted by atomic mass is 19.2. The molecule has 0 spiro atoms. The van der Waals surface area contributed by atoms with E-state index in [1.807, 2.05) is 91.0 Å². The van der Waals surface area contributed by atoms with Crippen LogP contribution in [0.3, 0.4) is 0 Å². The van der Waals surface area contributed by atoms with Crippen molar-refractivity contribution >= 4 is 22.7 Å². The van der Waals surface area contributed by atoms with Crippen LogP contribution >= 0.6 is 0 Å². The maximum atomic E-state index is 15.7. The van der Waals surface area contributed by atoms with Gasteiger partial charge in [-0.2, -0.15) is 5.26 Å². The lowest BCUT2D eigenvalue weighted by Gasteiger charge is -2.48. The Hall–Kier alpha value is -6.85. The van der Waals surface area contributed by atoms with E-state index in [0.717, 1.165) is 22.3 Å². The standard InChI is InChI=1S/C44H28F5N3O3/c1-43(2)44(3,4)55-42-40(27(22-50)39(51-5)33(41(42)54-43)32-34(45)36(47)38(49)37(48)35(32)46)52-28-18-16-25(23-12-8-6-9-13-23)20-30(28)53-31-21-26(17-19-29(31)52)24-14-10-7-11-15-24/h6-21H,1-4H3. The first-order valence-electron chi connectivity index (χ1n) is 17.1. The van der Waals surface area contributed by atoms with E-state index in [1.54, 1.807) is 44.7 Å². The van der Waals surface area contributed by atoms with Gasteiger partial charge in [0.15, 0.2) is 46.3 Å². The molecule has 0 saturated carbocycles. The summed E-state index contributed by atoms with van der Waals surface area (Å²) in [5, 5.41) is 10.9. The Labute approximate surface area is 313 Å². The van der Waals surface area contributed by atoms with Gasteiger partial charge in [-0.25, -0.2) is 26.8 Å². The summed E-state index contributed by atoms with van der Waals surface area (Å²) in [6, 6.07) is 31.9. The molecule has 0 aromatic heterocycles. The van der Waals surface area contributed by atoms with Gasteiger partial charge in [0, 0.05) is 5.56 Å². The number of nitrogens with zero attached hydrogens (tertiary/aromatic N) is 3. The zero-order valence-corrected chi connectivity index (χ0v) is 29.7. The highest BCUT2D eigenvalue weighted by Crippen LogP contribution is 2.63. The molecule has 0 N–H and O–H groups in total. The number of benzene rings is 6. The number of anilines is 3. The topological polar surface area (TPSA) is 59.1 Å². The Morgan fingerprint density at radius 3 is 1.51 bits per heavy atom. The lowest BCUT2D eigenvalue weighted by atomic mass is 9.86. The van der Waals surface area contributed by atoms with Crippen molar-refractivity contribution in [3.63, 3.8) is 0 Å². The van der Waals surface area contributed by atoms with Crippen molar-refractivity contribution in [3.05, 3.63) is 143 Å². The SMILES string of the molecule is [C-]#[N+]c1c(C#N)c(N2c3ccc(-c4ccccc4)cc3Oc3cc(-c4ccccc4)ccc32)c2c(c1-c1c(F)c(F)c(F)c(F)c1F)OC(C)(C)C(C)(C)O2. The van der Waals surface area contributed by atoms with E-state index < -0.39 is 68.4 Å². The number of hydrogen-bond donors (Lipinski definition) is 0. The van der Waals surface area contributed by atoms with Gasteiger partial charge in [-0.05, 0) is 74.2 Å². The van der Waals surface area contributed by atoms with E-state index >= 15 is 8.78 Å². The second kappa shape index (κ2) is 12.6. The Morgan fingerprint density at radius 2 is 1.05 bits per heavy atom. The molecule has 6 aromatic carbocycles. The molecule has 2 aliphatic rings. The summed E-state index contributed by atoms with van der Waals surface area (Å²) in [5.74, 6) is -11.3. The first kappa shape index (κ1) is 35.2. The van der Waals surface area contributed by atoms with Crippen LogP contribution in [0, 0.1) is 47.0 Å². The van der Waals surface area contributed by atoms with Crippen LogP contribution in [-0.4, -0.2) is 11.2 Å². The van der Waals surface area contributed by atoms with E-state index in [4.69, 9.17) is 20.8 Å². The van der Waals surface area contributed by atoms with Crippen molar-refractivity contribution < 1.29 is 36.2 Å². The van der Waals surface area contributed by atoms with E-state index in [2.05, 4.69) is 4.85 Å². The summed E-state index contributed by atoms with van der Waals surface area (Å²) in [4.78, 5) is 5.14. The summed E-state index contributed by atoms with van der Waals surface area (Å²) >= 11 is 0. The van der Waals surface area contributed by atoms with Crippen LogP contribution in [0.15, 0.2) is 97.1 Å². The average molecular weight is 742 g/mol. The summed E-state index contributed by atoms with van der Waals surface area (Å²) in [7, 11) is 0. The monoisotopic (exact) mass is 741 g/mol. The van der Waals surface area contributed by atoms with E-state index in [1.165, 1.54) is 0 Å². The molecule has 55 heavy (non-hydrogen) atoms. The van der Waals surface area contributed by atoms with Crippen LogP contribution in [0.25, 0.3) is 38.2 Å². The predicted octanol–water partition coefficient (Wildman–Crippen LogP) is 12.7. The molecule has 0 bridgehead atoms. The number of halogens is 5. The minimum Gasteiger partial charge on any atom is -0.480 e. The fourth-order valence-corrected chi connectivity index (χ4v) is 6.79. The number of fused-ring (bicyclic) bond motifs is 3. The van der Waals surface area contributed by atoms with Crippen molar-refractivity contribution in [2.45, 2.75) is 38.9 Å². The third-order valence-electron chi connectivity index (χ3n) is 10.3. The first-order chi connectivity index (χ1) is 26.3. The Bertz CT molecular complexity index is 2550. The van der Waals surface area contributed by atoms with Gasteiger partial charge in [0.2, 0.25) is 11.5 Å². The fourth-order valence-electron chi connectivity index (χ4n) is 6.79. The molecule has 272 valence electrons. The second-order valence-electron chi connectivity index (χ2n) is 14.0. The van der Waals surface area contributed by atoms with E-state index in [-0.39, 0.29) is 11.4 Å². The van der Waals surface area contributed by atoms with Crippen LogP contribution in [0.1, 0.15) is 33.3 Å². The Balaban J connectivity index is 1.49. The lowest BCUT2D eigenvalue weighted by Crippen LogP contribution is -2.56. The minimum atomic E-state index is -2.38. The zero-order chi connectivity index (χ0) is 39.0. The number of hydrogen-bond acceptors (Lipinski definition) is 5. The molecule has 8 rings (SSSR count). The molecule has 0 amide bonds. The highest BCUT2D eigenvalue weighted by Gasteiger charge is 2.50. The molecule has 0 fully saturated rings. The highest BCUT2D eigenvalue weighted by molar-refractivity contribution is 6.02. The van der Waals surface area contributed by atoms with Gasteiger partial charge >= 0.3 is 0 Å². The molecule has 11 heteroatoms. The van der Waals surface area contributed by atoms with E-state index in [0.29, 0.717) is 22.9 Å². The van der Waals surface area contributed by atoms with E-state index in [9.17, 15) is 18.4 Å². The summed E-state index contributed by atoms with van der Waals surface area (Å²) in [6.45, 7) is 14.8. The van der Waals surface area contributed by atoms with Crippen molar-refractivity contribution in [2.75, 3.05) is 4.90 Å². The van der Waals surface area contributed by atoms with Gasteiger partial charge in [-0.1, -0.05) is 72.8 Å². The molecule has 0 aliphatic carbocycles. The number of nitriles is 1. The maximum Gasteiger partial charge on any atom is 0.218 e. The molecule has 2 heterocycles. The largest absolute Gasteiger partial charge is 0.480 e. The Morgan fingerprint density at radius 1 is 0.600 bits per heavy atom. The van der Waals surface area contributed by atoms with Crippen molar-refractivity contribution in [1.82, 2.24) is 0 Å². The van der Waals surface area contributed by atoms with Crippen LogP contribution < -0.4 is 19.1 Å². The van der Waals surface area contributed by atoms with Crippen LogP contribution in [-0.2, 0) is 0 Å². The Kier molecular flexibility index (Phi) is 8.09. The third kappa shape index (κ3) is 5.34. The van der Waals surface area contributed by atoms with Crippen LogP contribution in [0.5, 0.6) is 23.0 Å². The number of ether oxygens (including phenoxy) is 3. The fraction of sp³-hybridized carbons (Fsp3) is 0.136. The second-order valence-corrected chi connectivity index (χ2v) is 14.0.